The molecule has 2 aromatic rings. The van der Waals surface area contributed by atoms with Gasteiger partial charge in [-0.2, -0.15) is 5.10 Å². The number of benzene rings is 2. The van der Waals surface area contributed by atoms with Crippen LogP contribution in [0.5, 0.6) is 11.5 Å². The Morgan fingerprint density at radius 2 is 2.16 bits per heavy atom. The first-order valence-corrected chi connectivity index (χ1v) is 9.03. The van der Waals surface area contributed by atoms with Crippen LogP contribution in [0.25, 0.3) is 0 Å². The van der Waals surface area contributed by atoms with E-state index in [1.54, 1.807) is 7.11 Å². The molecular weight excluding hydrogens is 336 g/mol. The molecule has 0 amide bonds. The lowest BCUT2D eigenvalue weighted by Gasteiger charge is -2.38. The van der Waals surface area contributed by atoms with Crippen LogP contribution in [0.3, 0.4) is 0 Å². The van der Waals surface area contributed by atoms with Gasteiger partial charge >= 0.3 is 0 Å². The molecule has 2 aliphatic heterocycles. The molecular formula is C20H21ClN2O2. The van der Waals surface area contributed by atoms with Crippen LogP contribution < -0.4 is 9.47 Å². The first kappa shape index (κ1) is 16.3. The minimum atomic E-state index is -0.0354. The predicted octanol–water partition coefficient (Wildman–Crippen LogP) is 5.02. The number of fused-ring (bicyclic) bond motifs is 3. The van der Waals surface area contributed by atoms with Gasteiger partial charge < -0.3 is 9.47 Å². The standard InChI is InChI=1S/C20H21ClN2O2/c1-3-5-20-23-18(16-11-14(21)8-9-19(16)25-20)12-17(22-23)13-6-4-7-15(10-13)24-2/h4,6-11,18,20H,3,5,12H2,1-2H3. The molecule has 2 atom stereocenters. The molecule has 4 rings (SSSR count). The van der Waals surface area contributed by atoms with Crippen LogP contribution >= 0.6 is 11.6 Å². The average molecular weight is 357 g/mol. The molecule has 2 aromatic carbocycles. The zero-order chi connectivity index (χ0) is 17.4. The molecule has 5 heteroatoms. The van der Waals surface area contributed by atoms with Crippen molar-refractivity contribution >= 4 is 17.3 Å². The summed E-state index contributed by atoms with van der Waals surface area (Å²) in [4.78, 5) is 0. The van der Waals surface area contributed by atoms with Crippen LogP contribution in [0.4, 0.5) is 0 Å². The molecule has 2 heterocycles. The summed E-state index contributed by atoms with van der Waals surface area (Å²) < 4.78 is 11.6. The fraction of sp³-hybridized carbons (Fsp3) is 0.350. The van der Waals surface area contributed by atoms with Gasteiger partial charge in [0.25, 0.3) is 0 Å². The number of halogens is 1. The molecule has 0 saturated carbocycles. The zero-order valence-electron chi connectivity index (χ0n) is 14.4. The van der Waals surface area contributed by atoms with E-state index >= 15 is 0 Å². The van der Waals surface area contributed by atoms with E-state index in [1.165, 1.54) is 0 Å². The second-order valence-electron chi connectivity index (χ2n) is 6.42. The highest BCUT2D eigenvalue weighted by Gasteiger charge is 2.39. The molecule has 25 heavy (non-hydrogen) atoms. The van der Waals surface area contributed by atoms with Gasteiger partial charge in [0.15, 0.2) is 6.23 Å². The molecule has 0 spiro atoms. The number of rotatable bonds is 4. The molecule has 0 fully saturated rings. The van der Waals surface area contributed by atoms with E-state index < -0.39 is 0 Å². The molecule has 0 N–H and O–H groups in total. The summed E-state index contributed by atoms with van der Waals surface area (Å²) in [6.07, 6.45) is 2.78. The lowest BCUT2D eigenvalue weighted by Crippen LogP contribution is -2.40. The maximum Gasteiger partial charge on any atom is 0.187 e. The van der Waals surface area contributed by atoms with Crippen molar-refractivity contribution in [2.24, 2.45) is 5.10 Å². The highest BCUT2D eigenvalue weighted by atomic mass is 35.5. The Kier molecular flexibility index (Phi) is 4.30. The fourth-order valence-corrected chi connectivity index (χ4v) is 3.73. The van der Waals surface area contributed by atoms with Gasteiger partial charge in [0.05, 0.1) is 18.9 Å². The molecule has 2 aliphatic rings. The number of hydrogen-bond acceptors (Lipinski definition) is 4. The SMILES string of the molecule is CCCC1Oc2ccc(Cl)cc2C2CC(c3cccc(OC)c3)=NN12. The van der Waals surface area contributed by atoms with E-state index in [1.807, 2.05) is 36.4 Å². The number of ether oxygens (including phenoxy) is 2. The van der Waals surface area contributed by atoms with E-state index in [4.69, 9.17) is 26.2 Å². The van der Waals surface area contributed by atoms with E-state index in [0.717, 1.165) is 52.6 Å². The van der Waals surface area contributed by atoms with Crippen molar-refractivity contribution in [1.82, 2.24) is 5.01 Å². The first-order valence-electron chi connectivity index (χ1n) is 8.66. The van der Waals surface area contributed by atoms with E-state index in [0.29, 0.717) is 0 Å². The Balaban J connectivity index is 1.72. The van der Waals surface area contributed by atoms with Crippen LogP contribution in [-0.4, -0.2) is 24.1 Å². The normalized spacial score (nSPS) is 21.2. The molecule has 4 nitrogen and oxygen atoms in total. The maximum atomic E-state index is 6.23. The van der Waals surface area contributed by atoms with Gasteiger partial charge in [-0.15, -0.1) is 0 Å². The Labute approximate surface area is 153 Å². The zero-order valence-corrected chi connectivity index (χ0v) is 15.2. The molecule has 0 saturated heterocycles. The molecule has 130 valence electrons. The van der Waals surface area contributed by atoms with Crippen LogP contribution in [0, 0.1) is 0 Å². The van der Waals surface area contributed by atoms with Gasteiger partial charge in [-0.3, -0.25) is 5.01 Å². The predicted molar refractivity (Wildman–Crippen MR) is 99.5 cm³/mol. The van der Waals surface area contributed by atoms with Crippen molar-refractivity contribution in [3.63, 3.8) is 0 Å². The second-order valence-corrected chi connectivity index (χ2v) is 6.86. The van der Waals surface area contributed by atoms with Gasteiger partial charge in [0, 0.05) is 29.0 Å². The molecule has 0 radical (unpaired) electrons. The Bertz CT molecular complexity index is 821. The van der Waals surface area contributed by atoms with Crippen LogP contribution in [0.2, 0.25) is 5.02 Å². The van der Waals surface area contributed by atoms with Gasteiger partial charge in [0.1, 0.15) is 11.5 Å². The topological polar surface area (TPSA) is 34.1 Å². The maximum absolute atomic E-state index is 6.23. The summed E-state index contributed by atoms with van der Waals surface area (Å²) in [6.45, 7) is 2.17. The smallest absolute Gasteiger partial charge is 0.187 e. The molecule has 2 unspecified atom stereocenters. The van der Waals surface area contributed by atoms with Crippen LogP contribution in [-0.2, 0) is 0 Å². The third-order valence-corrected chi connectivity index (χ3v) is 5.00. The van der Waals surface area contributed by atoms with E-state index in [2.05, 4.69) is 18.0 Å². The average Bonchev–Trinajstić information content (AvgIpc) is 3.08. The monoisotopic (exact) mass is 356 g/mol. The number of methoxy groups -OCH3 is 1. The number of nitrogens with zero attached hydrogens (tertiary/aromatic N) is 2. The molecule has 0 aliphatic carbocycles. The van der Waals surface area contributed by atoms with Gasteiger partial charge in [0.2, 0.25) is 0 Å². The third-order valence-electron chi connectivity index (χ3n) is 4.77. The summed E-state index contributed by atoms with van der Waals surface area (Å²) in [5.74, 6) is 1.76. The van der Waals surface area contributed by atoms with Crippen molar-refractivity contribution < 1.29 is 9.47 Å². The van der Waals surface area contributed by atoms with Crippen LogP contribution in [0.15, 0.2) is 47.6 Å². The second kappa shape index (κ2) is 6.60. The molecule has 0 aromatic heterocycles. The van der Waals surface area contributed by atoms with Crippen LogP contribution in [0.1, 0.15) is 43.4 Å². The van der Waals surface area contributed by atoms with Crippen molar-refractivity contribution in [1.29, 1.82) is 0 Å². The third kappa shape index (κ3) is 2.95. The van der Waals surface area contributed by atoms with Gasteiger partial charge in [-0.1, -0.05) is 37.1 Å². The Morgan fingerprint density at radius 1 is 1.28 bits per heavy atom. The van der Waals surface area contributed by atoms with Crippen molar-refractivity contribution in [2.75, 3.05) is 7.11 Å². The summed E-state index contributed by atoms with van der Waals surface area (Å²) in [5, 5.41) is 7.75. The lowest BCUT2D eigenvalue weighted by molar-refractivity contribution is -0.0223. The number of hydrazone groups is 1. The van der Waals surface area contributed by atoms with Gasteiger partial charge in [-0.05, 0) is 30.3 Å². The van der Waals surface area contributed by atoms with Crippen molar-refractivity contribution in [3.8, 4) is 11.5 Å². The highest BCUT2D eigenvalue weighted by molar-refractivity contribution is 6.30. The summed E-state index contributed by atoms with van der Waals surface area (Å²) >= 11 is 6.23. The van der Waals surface area contributed by atoms with Crippen molar-refractivity contribution in [2.45, 2.75) is 38.5 Å². The quantitative estimate of drug-likeness (QED) is 0.771. The minimum absolute atomic E-state index is 0.0354. The summed E-state index contributed by atoms with van der Waals surface area (Å²) in [6, 6.07) is 14.1. The fourth-order valence-electron chi connectivity index (χ4n) is 3.55. The van der Waals surface area contributed by atoms with Gasteiger partial charge in [-0.25, -0.2) is 0 Å². The number of hydrogen-bond donors (Lipinski definition) is 0. The van der Waals surface area contributed by atoms with E-state index in [-0.39, 0.29) is 12.3 Å². The Morgan fingerprint density at radius 3 is 2.96 bits per heavy atom. The minimum Gasteiger partial charge on any atom is -0.497 e. The lowest BCUT2D eigenvalue weighted by atomic mass is 9.96. The van der Waals surface area contributed by atoms with Crippen molar-refractivity contribution in [3.05, 3.63) is 58.6 Å². The highest BCUT2D eigenvalue weighted by Crippen LogP contribution is 2.44. The summed E-state index contributed by atoms with van der Waals surface area (Å²) in [7, 11) is 1.68. The van der Waals surface area contributed by atoms with E-state index in [9.17, 15) is 0 Å². The Hall–Kier alpha value is -2.20. The summed E-state index contributed by atoms with van der Waals surface area (Å²) in [5.41, 5.74) is 3.26. The molecule has 0 bridgehead atoms. The largest absolute Gasteiger partial charge is 0.497 e. The first-order chi connectivity index (χ1) is 12.2.